The van der Waals surface area contributed by atoms with E-state index < -0.39 is 6.04 Å². The van der Waals surface area contributed by atoms with Gasteiger partial charge in [-0.2, -0.15) is 0 Å². The number of carbonyl (C=O) groups excluding carboxylic acids is 1. The van der Waals surface area contributed by atoms with Crippen molar-refractivity contribution in [1.29, 1.82) is 0 Å². The Balaban J connectivity index is 1.96. The highest BCUT2D eigenvalue weighted by Gasteiger charge is 2.17. The predicted octanol–water partition coefficient (Wildman–Crippen LogP) is 1.99. The van der Waals surface area contributed by atoms with Gasteiger partial charge in [0.2, 0.25) is 5.91 Å². The van der Waals surface area contributed by atoms with Crippen molar-refractivity contribution in [3.8, 4) is 0 Å². The van der Waals surface area contributed by atoms with Crippen molar-refractivity contribution in [2.45, 2.75) is 39.2 Å². The van der Waals surface area contributed by atoms with Crippen molar-refractivity contribution >= 4 is 17.4 Å². The SMILES string of the molecule is CC(C)[C@H](N)C(=O)Nc1ccc(N2CCCCC2)nc1. The van der Waals surface area contributed by atoms with Crippen LogP contribution in [0.15, 0.2) is 18.3 Å². The molecule has 2 rings (SSSR count). The molecule has 110 valence electrons. The number of aromatic nitrogens is 1. The standard InChI is InChI=1S/C15H24N4O/c1-11(2)14(16)15(20)18-12-6-7-13(17-10-12)19-8-4-3-5-9-19/h6-7,10-11,14H,3-5,8-9,16H2,1-2H3,(H,18,20)/t14-/m0/s1. The molecule has 20 heavy (non-hydrogen) atoms. The molecule has 1 amide bonds. The van der Waals surface area contributed by atoms with Crippen LogP contribution in [0.2, 0.25) is 0 Å². The lowest BCUT2D eigenvalue weighted by molar-refractivity contribution is -0.118. The molecular formula is C15H24N4O. The minimum Gasteiger partial charge on any atom is -0.357 e. The summed E-state index contributed by atoms with van der Waals surface area (Å²) < 4.78 is 0. The summed E-state index contributed by atoms with van der Waals surface area (Å²) in [6.45, 7) is 6.00. The Morgan fingerprint density at radius 2 is 2.00 bits per heavy atom. The average molecular weight is 276 g/mol. The second-order valence-corrected chi connectivity index (χ2v) is 5.71. The summed E-state index contributed by atoms with van der Waals surface area (Å²) >= 11 is 0. The Morgan fingerprint density at radius 3 is 2.55 bits per heavy atom. The Hall–Kier alpha value is -1.62. The molecule has 0 spiro atoms. The number of hydrogen-bond donors (Lipinski definition) is 2. The molecule has 0 unspecified atom stereocenters. The second-order valence-electron chi connectivity index (χ2n) is 5.71. The lowest BCUT2D eigenvalue weighted by atomic mass is 10.1. The Bertz CT molecular complexity index is 438. The molecule has 0 saturated carbocycles. The number of hydrogen-bond acceptors (Lipinski definition) is 4. The van der Waals surface area contributed by atoms with Gasteiger partial charge in [0.1, 0.15) is 5.82 Å². The van der Waals surface area contributed by atoms with Gasteiger partial charge in [0, 0.05) is 13.1 Å². The lowest BCUT2D eigenvalue weighted by Crippen LogP contribution is -2.39. The van der Waals surface area contributed by atoms with Gasteiger partial charge in [-0.15, -0.1) is 0 Å². The highest BCUT2D eigenvalue weighted by molar-refractivity contribution is 5.94. The minimum atomic E-state index is -0.489. The molecule has 0 aromatic carbocycles. The number of pyridine rings is 1. The zero-order chi connectivity index (χ0) is 14.5. The van der Waals surface area contributed by atoms with E-state index in [0.29, 0.717) is 5.69 Å². The van der Waals surface area contributed by atoms with E-state index in [4.69, 9.17) is 5.73 Å². The van der Waals surface area contributed by atoms with E-state index >= 15 is 0 Å². The van der Waals surface area contributed by atoms with Crippen LogP contribution in [-0.4, -0.2) is 30.0 Å². The largest absolute Gasteiger partial charge is 0.357 e. The van der Waals surface area contributed by atoms with E-state index in [1.165, 1.54) is 19.3 Å². The molecule has 1 aliphatic heterocycles. The van der Waals surface area contributed by atoms with E-state index in [1.54, 1.807) is 6.20 Å². The maximum Gasteiger partial charge on any atom is 0.241 e. The van der Waals surface area contributed by atoms with Gasteiger partial charge in [0.05, 0.1) is 17.9 Å². The smallest absolute Gasteiger partial charge is 0.241 e. The van der Waals surface area contributed by atoms with E-state index in [0.717, 1.165) is 18.9 Å². The Labute approximate surface area is 120 Å². The van der Waals surface area contributed by atoms with Gasteiger partial charge in [0.15, 0.2) is 0 Å². The van der Waals surface area contributed by atoms with E-state index in [2.05, 4.69) is 15.2 Å². The first-order valence-corrected chi connectivity index (χ1v) is 7.35. The molecule has 1 aromatic heterocycles. The summed E-state index contributed by atoms with van der Waals surface area (Å²) in [6, 6.07) is 3.36. The monoisotopic (exact) mass is 276 g/mol. The Morgan fingerprint density at radius 1 is 1.30 bits per heavy atom. The molecule has 1 saturated heterocycles. The molecule has 5 nitrogen and oxygen atoms in total. The van der Waals surface area contributed by atoms with Crippen molar-refractivity contribution in [3.63, 3.8) is 0 Å². The van der Waals surface area contributed by atoms with Crippen molar-refractivity contribution in [2.75, 3.05) is 23.3 Å². The summed E-state index contributed by atoms with van der Waals surface area (Å²) in [5.74, 6) is 0.943. The van der Waals surface area contributed by atoms with Crippen molar-refractivity contribution in [3.05, 3.63) is 18.3 Å². The van der Waals surface area contributed by atoms with Gasteiger partial charge in [0.25, 0.3) is 0 Å². The van der Waals surface area contributed by atoms with Crippen LogP contribution in [0.25, 0.3) is 0 Å². The van der Waals surface area contributed by atoms with Gasteiger partial charge >= 0.3 is 0 Å². The van der Waals surface area contributed by atoms with E-state index in [9.17, 15) is 4.79 Å². The molecule has 3 N–H and O–H groups in total. The summed E-state index contributed by atoms with van der Waals surface area (Å²) in [6.07, 6.45) is 5.46. The predicted molar refractivity (Wildman–Crippen MR) is 81.7 cm³/mol. The molecule has 0 radical (unpaired) electrons. The van der Waals surface area contributed by atoms with Gasteiger partial charge in [-0.1, -0.05) is 13.8 Å². The number of anilines is 2. The topological polar surface area (TPSA) is 71.2 Å². The zero-order valence-electron chi connectivity index (χ0n) is 12.3. The number of nitrogens with two attached hydrogens (primary N) is 1. The number of rotatable bonds is 4. The number of carbonyl (C=O) groups is 1. The summed E-state index contributed by atoms with van der Waals surface area (Å²) in [5.41, 5.74) is 6.51. The minimum absolute atomic E-state index is 0.121. The van der Waals surface area contributed by atoms with E-state index in [1.807, 2.05) is 26.0 Å². The highest BCUT2D eigenvalue weighted by atomic mass is 16.2. The molecular weight excluding hydrogens is 252 g/mol. The molecule has 1 fully saturated rings. The summed E-state index contributed by atoms with van der Waals surface area (Å²) in [7, 11) is 0. The molecule has 0 aliphatic carbocycles. The fourth-order valence-electron chi connectivity index (χ4n) is 2.30. The quantitative estimate of drug-likeness (QED) is 0.882. The molecule has 1 aromatic rings. The summed E-state index contributed by atoms with van der Waals surface area (Å²) in [4.78, 5) is 18.6. The first-order valence-electron chi connectivity index (χ1n) is 7.35. The fourth-order valence-corrected chi connectivity index (χ4v) is 2.30. The third-order valence-corrected chi connectivity index (χ3v) is 3.72. The summed E-state index contributed by atoms with van der Waals surface area (Å²) in [5, 5.41) is 2.81. The maximum atomic E-state index is 11.9. The van der Waals surface area contributed by atoms with Crippen LogP contribution in [0.1, 0.15) is 33.1 Å². The third kappa shape index (κ3) is 3.70. The van der Waals surface area contributed by atoms with Crippen LogP contribution in [0.4, 0.5) is 11.5 Å². The van der Waals surface area contributed by atoms with Gasteiger partial charge in [-0.3, -0.25) is 4.79 Å². The van der Waals surface area contributed by atoms with Gasteiger partial charge in [-0.25, -0.2) is 4.98 Å². The number of nitrogens with zero attached hydrogens (tertiary/aromatic N) is 2. The number of nitrogens with one attached hydrogen (secondary N) is 1. The van der Waals surface area contributed by atoms with Crippen LogP contribution >= 0.6 is 0 Å². The third-order valence-electron chi connectivity index (χ3n) is 3.72. The Kier molecular flexibility index (Phi) is 4.95. The molecule has 2 heterocycles. The van der Waals surface area contributed by atoms with Crippen molar-refractivity contribution < 1.29 is 4.79 Å². The maximum absolute atomic E-state index is 11.9. The fraction of sp³-hybridized carbons (Fsp3) is 0.600. The second kappa shape index (κ2) is 6.70. The molecule has 1 aliphatic rings. The van der Waals surface area contributed by atoms with Gasteiger partial charge < -0.3 is 16.0 Å². The van der Waals surface area contributed by atoms with E-state index in [-0.39, 0.29) is 11.8 Å². The number of piperidine rings is 1. The first-order chi connectivity index (χ1) is 9.58. The van der Waals surface area contributed by atoms with Gasteiger partial charge in [-0.05, 0) is 37.3 Å². The lowest BCUT2D eigenvalue weighted by Gasteiger charge is -2.27. The van der Waals surface area contributed by atoms with Crippen molar-refractivity contribution in [2.24, 2.45) is 11.7 Å². The van der Waals surface area contributed by atoms with Crippen LogP contribution in [0, 0.1) is 5.92 Å². The normalized spacial score (nSPS) is 17.1. The number of amides is 1. The average Bonchev–Trinajstić information content (AvgIpc) is 2.48. The van der Waals surface area contributed by atoms with Crippen LogP contribution in [0.3, 0.4) is 0 Å². The first kappa shape index (κ1) is 14.8. The van der Waals surface area contributed by atoms with Crippen LogP contribution in [0.5, 0.6) is 0 Å². The molecule has 5 heteroatoms. The highest BCUT2D eigenvalue weighted by Crippen LogP contribution is 2.19. The molecule has 0 bridgehead atoms. The van der Waals surface area contributed by atoms with Crippen molar-refractivity contribution in [1.82, 2.24) is 4.98 Å². The molecule has 1 atom stereocenters. The van der Waals surface area contributed by atoms with Crippen LogP contribution in [-0.2, 0) is 4.79 Å². The zero-order valence-corrected chi connectivity index (χ0v) is 12.3. The van der Waals surface area contributed by atoms with Crippen LogP contribution < -0.4 is 16.0 Å².